The number of hydrogen-bond donors (Lipinski definition) is 0. The summed E-state index contributed by atoms with van der Waals surface area (Å²) in [5.41, 5.74) is 7.53. The second-order valence-corrected chi connectivity index (χ2v) is 11.6. The Morgan fingerprint density at radius 1 is 0.326 bits per heavy atom. The fourth-order valence-electron chi connectivity index (χ4n) is 6.35. The number of rotatable bonds is 4. The van der Waals surface area contributed by atoms with E-state index in [0.29, 0.717) is 5.82 Å². The zero-order valence-corrected chi connectivity index (χ0v) is 24.8. The summed E-state index contributed by atoms with van der Waals surface area (Å²) < 4.78 is 0. The smallest absolute Gasteiger partial charge is 0.160 e. The summed E-state index contributed by atoms with van der Waals surface area (Å²) in [6.45, 7) is 0. The van der Waals surface area contributed by atoms with Crippen molar-refractivity contribution in [2.75, 3.05) is 0 Å². The van der Waals surface area contributed by atoms with E-state index in [9.17, 15) is 0 Å². The Balaban J connectivity index is 1.21. The van der Waals surface area contributed by atoms with Crippen LogP contribution in [0.3, 0.4) is 0 Å². The summed E-state index contributed by atoms with van der Waals surface area (Å²) in [5.74, 6) is 0.654. The van der Waals surface area contributed by atoms with Crippen molar-refractivity contribution in [3.05, 3.63) is 158 Å². The van der Waals surface area contributed by atoms with E-state index in [2.05, 4.69) is 138 Å². The highest BCUT2D eigenvalue weighted by atomic mass is 14.9. The van der Waals surface area contributed by atoms with Crippen molar-refractivity contribution in [3.63, 3.8) is 0 Å². The predicted molar refractivity (Wildman–Crippen MR) is 189 cm³/mol. The Kier molecular flexibility index (Phi) is 6.10. The lowest BCUT2D eigenvalue weighted by atomic mass is 9.98. The van der Waals surface area contributed by atoms with Crippen LogP contribution in [-0.2, 0) is 0 Å². The molecular weight excluding hydrogens is 560 g/mol. The normalized spacial score (nSPS) is 11.5. The van der Waals surface area contributed by atoms with Crippen LogP contribution in [0.4, 0.5) is 0 Å². The summed E-state index contributed by atoms with van der Waals surface area (Å²) in [5, 5.41) is 8.37. The summed E-state index contributed by atoms with van der Waals surface area (Å²) >= 11 is 0. The molecule has 0 fully saturated rings. The van der Waals surface area contributed by atoms with Gasteiger partial charge in [-0.2, -0.15) is 0 Å². The molecule has 0 spiro atoms. The molecule has 4 nitrogen and oxygen atoms in total. The van der Waals surface area contributed by atoms with Crippen molar-refractivity contribution in [1.82, 2.24) is 19.9 Å². The first-order chi connectivity index (χ1) is 22.7. The number of fused-ring (bicyclic) bond motifs is 5. The molecule has 214 valence electrons. The Bertz CT molecular complexity index is 2610. The number of nitrogens with zero attached hydrogens (tertiary/aromatic N) is 4. The van der Waals surface area contributed by atoms with E-state index in [1.807, 2.05) is 24.5 Å². The average molecular weight is 587 g/mol. The third kappa shape index (κ3) is 4.64. The van der Waals surface area contributed by atoms with Crippen molar-refractivity contribution in [2.24, 2.45) is 0 Å². The summed E-state index contributed by atoms with van der Waals surface area (Å²) in [6.07, 6.45) is 3.65. The maximum Gasteiger partial charge on any atom is 0.160 e. The molecule has 3 heterocycles. The molecule has 0 atom stereocenters. The van der Waals surface area contributed by atoms with Crippen LogP contribution in [0, 0.1) is 0 Å². The maximum absolute atomic E-state index is 5.16. The van der Waals surface area contributed by atoms with Gasteiger partial charge in [-0.15, -0.1) is 0 Å². The van der Waals surface area contributed by atoms with Crippen molar-refractivity contribution >= 4 is 43.2 Å². The average Bonchev–Trinajstić information content (AvgIpc) is 3.14. The highest BCUT2D eigenvalue weighted by Crippen LogP contribution is 2.33. The zero-order chi connectivity index (χ0) is 30.5. The molecule has 0 saturated heterocycles. The first-order valence-electron chi connectivity index (χ1n) is 15.4. The number of pyridine rings is 2. The summed E-state index contributed by atoms with van der Waals surface area (Å²) in [6, 6.07) is 50.9. The van der Waals surface area contributed by atoms with E-state index in [1.54, 1.807) is 0 Å². The molecular formula is C42H26N4. The molecule has 0 aliphatic carbocycles. The molecule has 4 heteroatoms. The van der Waals surface area contributed by atoms with Crippen LogP contribution in [0.1, 0.15) is 0 Å². The molecule has 0 aliphatic heterocycles. The standard InChI is InChI=1S/C42H26N4/c1-2-8-30-22-32(15-11-27(30)6-1)40-26-41(33-17-18-37-31(23-33)14-12-28-7-3-4-10-36(28)37)46-42(45-40)35-19-21-44-39(25-35)34-16-13-29-9-5-20-43-38(29)24-34/h1-26H. The van der Waals surface area contributed by atoms with Crippen molar-refractivity contribution in [2.45, 2.75) is 0 Å². The molecule has 0 amide bonds. The van der Waals surface area contributed by atoms with Gasteiger partial charge in [0.2, 0.25) is 0 Å². The van der Waals surface area contributed by atoms with Gasteiger partial charge in [0, 0.05) is 40.0 Å². The van der Waals surface area contributed by atoms with Crippen LogP contribution in [0.25, 0.3) is 88.4 Å². The largest absolute Gasteiger partial charge is 0.256 e. The van der Waals surface area contributed by atoms with Gasteiger partial charge in [-0.05, 0) is 74.8 Å². The Morgan fingerprint density at radius 2 is 0.957 bits per heavy atom. The Labute approximate surface area is 265 Å². The summed E-state index contributed by atoms with van der Waals surface area (Å²) in [4.78, 5) is 19.6. The van der Waals surface area contributed by atoms with Crippen LogP contribution in [0.5, 0.6) is 0 Å². The second kappa shape index (κ2) is 10.7. The van der Waals surface area contributed by atoms with Crippen molar-refractivity contribution in [3.8, 4) is 45.2 Å². The van der Waals surface area contributed by atoms with E-state index < -0.39 is 0 Å². The molecule has 0 aliphatic rings. The van der Waals surface area contributed by atoms with Gasteiger partial charge in [0.1, 0.15) is 0 Å². The molecule has 9 rings (SSSR count). The first-order valence-corrected chi connectivity index (χ1v) is 15.4. The molecule has 46 heavy (non-hydrogen) atoms. The first kappa shape index (κ1) is 26.2. The van der Waals surface area contributed by atoms with Gasteiger partial charge in [0.25, 0.3) is 0 Å². The highest BCUT2D eigenvalue weighted by molar-refractivity contribution is 6.08. The minimum absolute atomic E-state index is 0.654. The number of hydrogen-bond acceptors (Lipinski definition) is 4. The Morgan fingerprint density at radius 3 is 1.83 bits per heavy atom. The number of benzene rings is 6. The van der Waals surface area contributed by atoms with Gasteiger partial charge >= 0.3 is 0 Å². The molecule has 0 radical (unpaired) electrons. The lowest BCUT2D eigenvalue weighted by Crippen LogP contribution is -1.97. The third-order valence-corrected chi connectivity index (χ3v) is 8.73. The highest BCUT2D eigenvalue weighted by Gasteiger charge is 2.14. The van der Waals surface area contributed by atoms with Crippen LogP contribution in [0.15, 0.2) is 158 Å². The fraction of sp³-hybridized carbons (Fsp3) is 0. The van der Waals surface area contributed by atoms with Crippen molar-refractivity contribution < 1.29 is 0 Å². The summed E-state index contributed by atoms with van der Waals surface area (Å²) in [7, 11) is 0. The third-order valence-electron chi connectivity index (χ3n) is 8.73. The van der Waals surface area contributed by atoms with Gasteiger partial charge in [-0.1, -0.05) is 103 Å². The molecule has 0 unspecified atom stereocenters. The van der Waals surface area contributed by atoms with Crippen LogP contribution in [0.2, 0.25) is 0 Å². The zero-order valence-electron chi connectivity index (χ0n) is 24.8. The lowest BCUT2D eigenvalue weighted by molar-refractivity contribution is 1.18. The van der Waals surface area contributed by atoms with Gasteiger partial charge in [0.05, 0.1) is 22.6 Å². The van der Waals surface area contributed by atoms with E-state index in [4.69, 9.17) is 15.0 Å². The Hall–Kier alpha value is -6.26. The van der Waals surface area contributed by atoms with Crippen molar-refractivity contribution in [1.29, 1.82) is 0 Å². The predicted octanol–water partition coefficient (Wildman–Crippen LogP) is 10.5. The van der Waals surface area contributed by atoms with E-state index in [1.165, 1.54) is 32.3 Å². The minimum Gasteiger partial charge on any atom is -0.256 e. The quantitative estimate of drug-likeness (QED) is 0.193. The molecule has 6 aromatic carbocycles. The minimum atomic E-state index is 0.654. The topological polar surface area (TPSA) is 51.6 Å². The molecule has 3 aromatic heterocycles. The van der Waals surface area contributed by atoms with Gasteiger partial charge in [-0.3, -0.25) is 9.97 Å². The fourth-order valence-corrected chi connectivity index (χ4v) is 6.35. The SMILES string of the molecule is c1ccc2cc(-c3cc(-c4ccc5c(ccc6ccccc65)c4)nc(-c4ccnc(-c5ccc6cccnc6c5)c4)n3)ccc2c1. The van der Waals surface area contributed by atoms with Gasteiger partial charge < -0.3 is 0 Å². The van der Waals surface area contributed by atoms with Gasteiger partial charge in [0.15, 0.2) is 5.82 Å². The van der Waals surface area contributed by atoms with E-state index in [0.717, 1.165) is 50.2 Å². The molecule has 9 aromatic rings. The monoisotopic (exact) mass is 586 g/mol. The maximum atomic E-state index is 5.16. The van der Waals surface area contributed by atoms with Crippen LogP contribution < -0.4 is 0 Å². The van der Waals surface area contributed by atoms with Crippen LogP contribution in [-0.4, -0.2) is 19.9 Å². The molecule has 0 bridgehead atoms. The van der Waals surface area contributed by atoms with Crippen LogP contribution >= 0.6 is 0 Å². The lowest BCUT2D eigenvalue weighted by Gasteiger charge is -2.12. The van der Waals surface area contributed by atoms with Gasteiger partial charge in [-0.25, -0.2) is 9.97 Å². The van der Waals surface area contributed by atoms with E-state index >= 15 is 0 Å². The van der Waals surface area contributed by atoms with E-state index in [-0.39, 0.29) is 0 Å². The molecule has 0 saturated carbocycles. The number of aromatic nitrogens is 4. The molecule has 0 N–H and O–H groups in total. The second-order valence-electron chi connectivity index (χ2n) is 11.6.